The van der Waals surface area contributed by atoms with Crippen LogP contribution in [0.4, 0.5) is 0 Å². The molecule has 0 aromatic rings. The lowest BCUT2D eigenvalue weighted by Crippen LogP contribution is -2.56. The van der Waals surface area contributed by atoms with E-state index in [2.05, 4.69) is 4.74 Å². The van der Waals surface area contributed by atoms with Crippen LogP contribution in [0.3, 0.4) is 0 Å². The minimum Gasteiger partial charge on any atom is -0.478 e. The van der Waals surface area contributed by atoms with Crippen LogP contribution in [0.25, 0.3) is 0 Å². The Balaban J connectivity index is 2.68. The molecule has 68 valence electrons. The highest BCUT2D eigenvalue weighted by Gasteiger charge is 2.57. The first kappa shape index (κ1) is 9.03. The summed E-state index contributed by atoms with van der Waals surface area (Å²) in [4.78, 5) is 20.7. The molecule has 0 atom stereocenters. The molecule has 0 saturated heterocycles. The zero-order valence-electron chi connectivity index (χ0n) is 7.16. The molecule has 0 aliphatic heterocycles. The van der Waals surface area contributed by atoms with E-state index in [1.165, 1.54) is 0 Å². The molecule has 1 fully saturated rings. The van der Waals surface area contributed by atoms with Gasteiger partial charge in [-0.25, -0.2) is 4.79 Å². The van der Waals surface area contributed by atoms with Crippen molar-refractivity contribution >= 4 is 12.4 Å². The largest absolute Gasteiger partial charge is 0.478 e. The molecule has 1 N–H and O–H groups in total. The Morgan fingerprint density at radius 1 is 1.50 bits per heavy atom. The number of carbonyl (C=O) groups excluding carboxylic acids is 1. The molecule has 4 nitrogen and oxygen atoms in total. The van der Waals surface area contributed by atoms with Gasteiger partial charge in [0.1, 0.15) is 0 Å². The molecule has 0 bridgehead atoms. The van der Waals surface area contributed by atoms with Gasteiger partial charge in [0, 0.05) is 12.8 Å². The molecular weight excluding hydrogens is 160 g/mol. The van der Waals surface area contributed by atoms with Crippen molar-refractivity contribution in [3.8, 4) is 0 Å². The molecule has 0 spiro atoms. The monoisotopic (exact) mass is 172 g/mol. The van der Waals surface area contributed by atoms with Crippen LogP contribution in [0.2, 0.25) is 0 Å². The summed E-state index contributed by atoms with van der Waals surface area (Å²) in [7, 11) is 0. The maximum atomic E-state index is 10.7. The van der Waals surface area contributed by atoms with E-state index in [1.54, 1.807) is 0 Å². The van der Waals surface area contributed by atoms with Gasteiger partial charge in [-0.15, -0.1) is 0 Å². The Labute approximate surface area is 70.5 Å². The van der Waals surface area contributed by atoms with Gasteiger partial charge in [0.15, 0.2) is 0 Å². The molecule has 1 aliphatic rings. The van der Waals surface area contributed by atoms with Gasteiger partial charge in [0.2, 0.25) is 5.60 Å². The molecule has 0 amide bonds. The molecule has 1 aliphatic carbocycles. The second kappa shape index (κ2) is 2.47. The highest BCUT2D eigenvalue weighted by molar-refractivity contribution is 5.80. The Bertz CT molecular complexity index is 211. The van der Waals surface area contributed by atoms with Crippen LogP contribution >= 0.6 is 0 Å². The first-order valence-corrected chi connectivity index (χ1v) is 3.77. The summed E-state index contributed by atoms with van der Waals surface area (Å²) in [6.45, 7) is 4.11. The Kier molecular flexibility index (Phi) is 1.86. The summed E-state index contributed by atoms with van der Waals surface area (Å²) in [5.41, 5.74) is -1.27. The van der Waals surface area contributed by atoms with Crippen molar-refractivity contribution in [2.45, 2.75) is 32.3 Å². The maximum Gasteiger partial charge on any atom is 0.348 e. The van der Waals surface area contributed by atoms with E-state index in [-0.39, 0.29) is 11.9 Å². The predicted molar refractivity (Wildman–Crippen MR) is 40.5 cm³/mol. The lowest BCUT2D eigenvalue weighted by molar-refractivity contribution is -0.196. The highest BCUT2D eigenvalue weighted by Crippen LogP contribution is 2.49. The fourth-order valence-corrected chi connectivity index (χ4v) is 1.87. The van der Waals surface area contributed by atoms with Gasteiger partial charge in [0.25, 0.3) is 6.47 Å². The maximum absolute atomic E-state index is 10.7. The van der Waals surface area contributed by atoms with Crippen molar-refractivity contribution in [2.75, 3.05) is 0 Å². The first-order chi connectivity index (χ1) is 5.42. The third kappa shape index (κ3) is 1.29. The number of hydrogen-bond donors (Lipinski definition) is 1. The van der Waals surface area contributed by atoms with E-state index in [0.29, 0.717) is 12.8 Å². The molecule has 0 radical (unpaired) electrons. The SMILES string of the molecule is CC1(C)CC(OC=O)(C(=O)O)C1. The number of ether oxygens (including phenoxy) is 1. The van der Waals surface area contributed by atoms with Crippen molar-refractivity contribution < 1.29 is 19.4 Å². The van der Waals surface area contributed by atoms with Gasteiger partial charge < -0.3 is 9.84 Å². The van der Waals surface area contributed by atoms with Gasteiger partial charge in [-0.1, -0.05) is 13.8 Å². The topological polar surface area (TPSA) is 63.6 Å². The van der Waals surface area contributed by atoms with E-state index < -0.39 is 11.6 Å². The Morgan fingerprint density at radius 2 is 2.00 bits per heavy atom. The zero-order valence-corrected chi connectivity index (χ0v) is 7.16. The highest BCUT2D eigenvalue weighted by atomic mass is 16.6. The Morgan fingerprint density at radius 3 is 2.25 bits per heavy atom. The smallest absolute Gasteiger partial charge is 0.348 e. The van der Waals surface area contributed by atoms with Crippen LogP contribution < -0.4 is 0 Å². The second-order valence-electron chi connectivity index (χ2n) is 4.03. The van der Waals surface area contributed by atoms with Crippen molar-refractivity contribution in [3.05, 3.63) is 0 Å². The van der Waals surface area contributed by atoms with Gasteiger partial charge >= 0.3 is 5.97 Å². The lowest BCUT2D eigenvalue weighted by Gasteiger charge is -2.48. The first-order valence-electron chi connectivity index (χ1n) is 3.77. The normalized spacial score (nSPS) is 23.8. The van der Waals surface area contributed by atoms with Crippen molar-refractivity contribution in [1.29, 1.82) is 0 Å². The summed E-state index contributed by atoms with van der Waals surface area (Å²) in [5.74, 6) is -1.05. The number of carboxylic acids is 1. The minimum absolute atomic E-state index is 0.0264. The van der Waals surface area contributed by atoms with Crippen molar-refractivity contribution in [3.63, 3.8) is 0 Å². The average molecular weight is 172 g/mol. The van der Waals surface area contributed by atoms with Crippen molar-refractivity contribution in [2.24, 2.45) is 5.41 Å². The summed E-state index contributed by atoms with van der Waals surface area (Å²) in [6, 6.07) is 0. The third-order valence-corrected chi connectivity index (χ3v) is 2.19. The molecule has 0 heterocycles. The van der Waals surface area contributed by atoms with E-state index in [4.69, 9.17) is 5.11 Å². The average Bonchev–Trinajstić information content (AvgIpc) is 1.83. The lowest BCUT2D eigenvalue weighted by atomic mass is 9.61. The molecule has 0 unspecified atom stereocenters. The molecule has 4 heteroatoms. The van der Waals surface area contributed by atoms with Crippen LogP contribution in [0.1, 0.15) is 26.7 Å². The van der Waals surface area contributed by atoms with Crippen LogP contribution in [-0.2, 0) is 14.3 Å². The number of hydrogen-bond acceptors (Lipinski definition) is 3. The zero-order chi connectivity index (χ0) is 9.41. The fourth-order valence-electron chi connectivity index (χ4n) is 1.87. The molecule has 12 heavy (non-hydrogen) atoms. The standard InChI is InChI=1S/C8H12O4/c1-7(2)3-8(4-7,6(10)11)12-5-9/h5H,3-4H2,1-2H3,(H,10,11). The van der Waals surface area contributed by atoms with E-state index in [1.807, 2.05) is 13.8 Å². The molecule has 0 aromatic heterocycles. The van der Waals surface area contributed by atoms with Crippen LogP contribution in [0.15, 0.2) is 0 Å². The summed E-state index contributed by atoms with van der Waals surface area (Å²) < 4.78 is 4.58. The predicted octanol–water partition coefficient (Wildman–Crippen LogP) is 0.803. The van der Waals surface area contributed by atoms with Crippen molar-refractivity contribution in [1.82, 2.24) is 0 Å². The van der Waals surface area contributed by atoms with Gasteiger partial charge in [-0.05, 0) is 5.41 Å². The molecular formula is C8H12O4. The second-order valence-corrected chi connectivity index (χ2v) is 4.03. The number of aliphatic carboxylic acids is 1. The van der Waals surface area contributed by atoms with E-state index in [0.717, 1.165) is 0 Å². The Hall–Kier alpha value is -1.06. The van der Waals surface area contributed by atoms with E-state index in [9.17, 15) is 9.59 Å². The number of carboxylic acid groups (broad SMARTS) is 1. The quantitative estimate of drug-likeness (QED) is 0.639. The molecule has 1 rings (SSSR count). The minimum atomic E-state index is -1.24. The summed E-state index contributed by atoms with van der Waals surface area (Å²) >= 11 is 0. The van der Waals surface area contributed by atoms with E-state index >= 15 is 0 Å². The van der Waals surface area contributed by atoms with Gasteiger partial charge in [-0.3, -0.25) is 4.79 Å². The summed E-state index contributed by atoms with van der Waals surface area (Å²) in [5, 5.41) is 8.76. The number of rotatable bonds is 3. The van der Waals surface area contributed by atoms with Crippen LogP contribution in [0.5, 0.6) is 0 Å². The van der Waals surface area contributed by atoms with Crippen LogP contribution in [-0.4, -0.2) is 23.1 Å². The van der Waals surface area contributed by atoms with Crippen LogP contribution in [0, 0.1) is 5.41 Å². The molecule has 0 aromatic carbocycles. The summed E-state index contributed by atoms with van der Waals surface area (Å²) in [6.07, 6.45) is 0.794. The van der Waals surface area contributed by atoms with Gasteiger partial charge in [-0.2, -0.15) is 0 Å². The fraction of sp³-hybridized carbons (Fsp3) is 0.750. The molecule has 1 saturated carbocycles. The number of carbonyl (C=O) groups is 2. The van der Waals surface area contributed by atoms with Gasteiger partial charge in [0.05, 0.1) is 0 Å². The third-order valence-electron chi connectivity index (χ3n) is 2.19.